The van der Waals surface area contributed by atoms with Crippen molar-refractivity contribution in [3.05, 3.63) is 29.3 Å². The highest BCUT2D eigenvalue weighted by atomic mass is 19.4. The van der Waals surface area contributed by atoms with Crippen molar-refractivity contribution in [1.29, 1.82) is 5.26 Å². The molecular weight excluding hydrogens is 303 g/mol. The molecule has 0 atom stereocenters. The van der Waals surface area contributed by atoms with Gasteiger partial charge in [0.15, 0.2) is 0 Å². The lowest BCUT2D eigenvalue weighted by Crippen LogP contribution is -2.34. The quantitative estimate of drug-likeness (QED) is 0.828. The van der Waals surface area contributed by atoms with Crippen LogP contribution < -0.4 is 5.32 Å². The van der Waals surface area contributed by atoms with Crippen LogP contribution in [0, 0.1) is 17.2 Å². The normalized spacial score (nSPS) is 17.0. The van der Waals surface area contributed by atoms with Gasteiger partial charge in [-0.05, 0) is 63.0 Å². The fourth-order valence-electron chi connectivity index (χ4n) is 2.81. The molecule has 1 aliphatic rings. The van der Waals surface area contributed by atoms with E-state index in [1.54, 1.807) is 6.07 Å². The van der Waals surface area contributed by atoms with Gasteiger partial charge < -0.3 is 10.2 Å². The van der Waals surface area contributed by atoms with Crippen molar-refractivity contribution in [2.45, 2.75) is 32.4 Å². The Labute approximate surface area is 135 Å². The Morgan fingerprint density at radius 3 is 2.61 bits per heavy atom. The van der Waals surface area contributed by atoms with Gasteiger partial charge >= 0.3 is 6.18 Å². The first-order chi connectivity index (χ1) is 10.9. The van der Waals surface area contributed by atoms with Gasteiger partial charge in [-0.1, -0.05) is 6.92 Å². The van der Waals surface area contributed by atoms with Gasteiger partial charge in [-0.2, -0.15) is 18.4 Å². The Kier molecular flexibility index (Phi) is 5.89. The van der Waals surface area contributed by atoms with E-state index in [1.807, 2.05) is 0 Å². The summed E-state index contributed by atoms with van der Waals surface area (Å²) < 4.78 is 38.7. The van der Waals surface area contributed by atoms with E-state index in [1.165, 1.54) is 25.0 Å². The van der Waals surface area contributed by atoms with Gasteiger partial charge in [-0.25, -0.2) is 0 Å². The summed E-state index contributed by atoms with van der Waals surface area (Å²) in [4.78, 5) is 2.40. The molecular formula is C17H22F3N3. The Balaban J connectivity index is 1.83. The van der Waals surface area contributed by atoms with E-state index in [0.717, 1.165) is 38.0 Å². The molecule has 0 aromatic heterocycles. The lowest BCUT2D eigenvalue weighted by molar-refractivity contribution is -0.137. The third-order valence-corrected chi connectivity index (χ3v) is 4.30. The molecule has 1 fully saturated rings. The highest BCUT2D eigenvalue weighted by Crippen LogP contribution is 2.33. The van der Waals surface area contributed by atoms with Gasteiger partial charge in [0, 0.05) is 12.2 Å². The molecule has 1 aromatic carbocycles. The first-order valence-electron chi connectivity index (χ1n) is 7.97. The first kappa shape index (κ1) is 17.6. The fraction of sp³-hybridized carbons (Fsp3) is 0.588. The maximum absolute atomic E-state index is 12.9. The summed E-state index contributed by atoms with van der Waals surface area (Å²) in [6.45, 7) is 6.06. The van der Waals surface area contributed by atoms with E-state index >= 15 is 0 Å². The predicted molar refractivity (Wildman–Crippen MR) is 84.1 cm³/mol. The zero-order valence-electron chi connectivity index (χ0n) is 13.3. The Hall–Kier alpha value is -1.74. The molecule has 1 N–H and O–H groups in total. The standard InChI is InChI=1S/C17H22F3N3/c1-13-5-9-23(10-6-13)8-2-7-22-15-4-3-14(12-21)16(11-15)17(18,19)20/h3-4,11,13,22H,2,5-10H2,1H3. The van der Waals surface area contributed by atoms with Crippen LogP contribution >= 0.6 is 0 Å². The molecule has 1 aliphatic heterocycles. The SMILES string of the molecule is CC1CCN(CCCNc2ccc(C#N)c(C(F)(F)F)c2)CC1. The molecule has 0 spiro atoms. The summed E-state index contributed by atoms with van der Waals surface area (Å²) >= 11 is 0. The van der Waals surface area contributed by atoms with Gasteiger partial charge in [0.25, 0.3) is 0 Å². The number of nitrogens with one attached hydrogen (secondary N) is 1. The third kappa shape index (κ3) is 5.14. The monoisotopic (exact) mass is 325 g/mol. The van der Waals surface area contributed by atoms with Crippen molar-refractivity contribution >= 4 is 5.69 Å². The first-order valence-corrected chi connectivity index (χ1v) is 7.97. The number of piperidine rings is 1. The number of hydrogen-bond acceptors (Lipinski definition) is 3. The number of nitrogens with zero attached hydrogens (tertiary/aromatic N) is 2. The van der Waals surface area contributed by atoms with Crippen LogP contribution in [-0.2, 0) is 6.18 Å². The predicted octanol–water partition coefficient (Wildman–Crippen LogP) is 4.11. The number of likely N-dealkylation sites (tertiary alicyclic amines) is 1. The van der Waals surface area contributed by atoms with Gasteiger partial charge in [-0.15, -0.1) is 0 Å². The number of benzene rings is 1. The topological polar surface area (TPSA) is 39.1 Å². The molecule has 3 nitrogen and oxygen atoms in total. The summed E-state index contributed by atoms with van der Waals surface area (Å²) in [5, 5.41) is 11.8. The highest BCUT2D eigenvalue weighted by Gasteiger charge is 2.33. The lowest BCUT2D eigenvalue weighted by Gasteiger charge is -2.30. The van der Waals surface area contributed by atoms with Crippen LogP contribution in [0.25, 0.3) is 0 Å². The Morgan fingerprint density at radius 1 is 1.30 bits per heavy atom. The smallest absolute Gasteiger partial charge is 0.385 e. The fourth-order valence-corrected chi connectivity index (χ4v) is 2.81. The van der Waals surface area contributed by atoms with Crippen LogP contribution in [0.4, 0.5) is 18.9 Å². The molecule has 23 heavy (non-hydrogen) atoms. The van der Waals surface area contributed by atoms with Crippen LogP contribution in [0.2, 0.25) is 0 Å². The highest BCUT2D eigenvalue weighted by molar-refractivity contribution is 5.53. The molecule has 0 amide bonds. The second-order valence-electron chi connectivity index (χ2n) is 6.17. The molecule has 1 heterocycles. The largest absolute Gasteiger partial charge is 0.417 e. The maximum atomic E-state index is 12.9. The molecule has 1 aromatic rings. The summed E-state index contributed by atoms with van der Waals surface area (Å²) in [6, 6.07) is 5.35. The molecule has 0 bridgehead atoms. The minimum Gasteiger partial charge on any atom is -0.385 e. The number of hydrogen-bond donors (Lipinski definition) is 1. The zero-order chi connectivity index (χ0) is 16.9. The molecule has 126 valence electrons. The van der Waals surface area contributed by atoms with E-state index in [-0.39, 0.29) is 5.56 Å². The molecule has 0 radical (unpaired) electrons. The van der Waals surface area contributed by atoms with Crippen molar-refractivity contribution < 1.29 is 13.2 Å². The number of rotatable bonds is 5. The molecule has 2 rings (SSSR count). The van der Waals surface area contributed by atoms with Crippen molar-refractivity contribution in [1.82, 2.24) is 4.90 Å². The average molecular weight is 325 g/mol. The van der Waals surface area contributed by atoms with Crippen LogP contribution in [0.5, 0.6) is 0 Å². The van der Waals surface area contributed by atoms with Gasteiger partial charge in [-0.3, -0.25) is 0 Å². The van der Waals surface area contributed by atoms with Crippen molar-refractivity contribution in [2.75, 3.05) is 31.5 Å². The number of alkyl halides is 3. The van der Waals surface area contributed by atoms with Gasteiger partial charge in [0.1, 0.15) is 0 Å². The van der Waals surface area contributed by atoms with E-state index in [0.29, 0.717) is 12.2 Å². The van der Waals surface area contributed by atoms with Crippen LogP contribution in [0.15, 0.2) is 18.2 Å². The van der Waals surface area contributed by atoms with E-state index in [2.05, 4.69) is 17.1 Å². The summed E-state index contributed by atoms with van der Waals surface area (Å²) in [5.41, 5.74) is -0.816. The third-order valence-electron chi connectivity index (χ3n) is 4.30. The van der Waals surface area contributed by atoms with Crippen LogP contribution in [-0.4, -0.2) is 31.1 Å². The minimum absolute atomic E-state index is 0.342. The second kappa shape index (κ2) is 7.69. The molecule has 0 unspecified atom stereocenters. The van der Waals surface area contributed by atoms with Crippen LogP contribution in [0.1, 0.15) is 37.3 Å². The minimum atomic E-state index is -4.51. The number of nitriles is 1. The van der Waals surface area contributed by atoms with E-state index in [4.69, 9.17) is 5.26 Å². The maximum Gasteiger partial charge on any atom is 0.417 e. The number of anilines is 1. The molecule has 0 saturated carbocycles. The Bertz CT molecular complexity index is 555. The molecule has 1 saturated heterocycles. The zero-order valence-corrected chi connectivity index (χ0v) is 13.3. The average Bonchev–Trinajstić information content (AvgIpc) is 2.52. The lowest BCUT2D eigenvalue weighted by atomic mass is 9.99. The summed E-state index contributed by atoms with van der Waals surface area (Å²) in [6.07, 6.45) is -1.18. The number of halogens is 3. The van der Waals surface area contributed by atoms with Crippen LogP contribution in [0.3, 0.4) is 0 Å². The van der Waals surface area contributed by atoms with Crippen molar-refractivity contribution in [3.8, 4) is 6.07 Å². The molecule has 0 aliphatic carbocycles. The van der Waals surface area contributed by atoms with Crippen molar-refractivity contribution in [3.63, 3.8) is 0 Å². The van der Waals surface area contributed by atoms with E-state index in [9.17, 15) is 13.2 Å². The molecule has 6 heteroatoms. The second-order valence-corrected chi connectivity index (χ2v) is 6.17. The summed E-state index contributed by atoms with van der Waals surface area (Å²) in [5.74, 6) is 0.795. The Morgan fingerprint density at radius 2 is 2.00 bits per heavy atom. The van der Waals surface area contributed by atoms with Crippen molar-refractivity contribution in [2.24, 2.45) is 5.92 Å². The van der Waals surface area contributed by atoms with E-state index < -0.39 is 11.7 Å². The van der Waals surface area contributed by atoms with Gasteiger partial charge in [0.2, 0.25) is 0 Å². The summed E-state index contributed by atoms with van der Waals surface area (Å²) in [7, 11) is 0. The van der Waals surface area contributed by atoms with Gasteiger partial charge in [0.05, 0.1) is 17.2 Å².